The Bertz CT molecular complexity index is 719. The summed E-state index contributed by atoms with van der Waals surface area (Å²) in [5, 5.41) is 3.91. The minimum atomic E-state index is -0.218. The predicted octanol–water partition coefficient (Wildman–Crippen LogP) is 4.72. The van der Waals surface area contributed by atoms with Crippen molar-refractivity contribution in [3.05, 3.63) is 57.6 Å². The average molecular weight is 368 g/mol. The van der Waals surface area contributed by atoms with Crippen LogP contribution in [0.1, 0.15) is 29.8 Å². The first-order valence-electron chi connectivity index (χ1n) is 7.67. The van der Waals surface area contributed by atoms with E-state index >= 15 is 0 Å². The topological polar surface area (TPSA) is 47.6 Å². The molecule has 0 spiro atoms. The van der Waals surface area contributed by atoms with E-state index in [1.165, 1.54) is 0 Å². The molecule has 2 rings (SSSR count). The first-order valence-corrected chi connectivity index (χ1v) is 8.42. The molecular weight excluding hydrogens is 349 g/mol. The van der Waals surface area contributed by atoms with Crippen LogP contribution in [0.3, 0.4) is 0 Å². The van der Waals surface area contributed by atoms with E-state index in [4.69, 9.17) is 32.7 Å². The minimum absolute atomic E-state index is 0.218. The molecule has 0 aliphatic carbocycles. The summed E-state index contributed by atoms with van der Waals surface area (Å²) in [5.41, 5.74) is 1.29. The molecule has 0 aliphatic rings. The summed E-state index contributed by atoms with van der Waals surface area (Å²) in [5.74, 6) is 0.957. The van der Waals surface area contributed by atoms with Crippen LogP contribution in [0.5, 0.6) is 11.5 Å². The van der Waals surface area contributed by atoms with Crippen LogP contribution in [0.25, 0.3) is 0 Å². The number of hydrogen-bond acceptors (Lipinski definition) is 3. The Hall–Kier alpha value is -1.91. The highest BCUT2D eigenvalue weighted by Crippen LogP contribution is 2.28. The van der Waals surface area contributed by atoms with Crippen molar-refractivity contribution in [1.29, 1.82) is 0 Å². The van der Waals surface area contributed by atoms with E-state index in [0.29, 0.717) is 46.9 Å². The first-order chi connectivity index (χ1) is 11.5. The lowest BCUT2D eigenvalue weighted by Gasteiger charge is -2.13. The van der Waals surface area contributed by atoms with Gasteiger partial charge in [0.15, 0.2) is 11.5 Å². The Morgan fingerprint density at radius 2 is 1.71 bits per heavy atom. The maximum Gasteiger partial charge on any atom is 0.251 e. The molecule has 6 heteroatoms. The van der Waals surface area contributed by atoms with Crippen LogP contribution in [0, 0.1) is 0 Å². The number of hydrogen-bond donors (Lipinski definition) is 1. The standard InChI is InChI=1S/C18H19Cl2NO3/c1-3-23-16-8-6-12(9-17(16)24-4-2)18(22)21-11-13-5-7-14(19)10-15(13)20/h5-10H,3-4,11H2,1-2H3,(H,21,22). The highest BCUT2D eigenvalue weighted by Gasteiger charge is 2.12. The number of rotatable bonds is 7. The Balaban J connectivity index is 2.10. The van der Waals surface area contributed by atoms with Gasteiger partial charge in [0.1, 0.15) is 0 Å². The lowest BCUT2D eigenvalue weighted by Crippen LogP contribution is -2.23. The minimum Gasteiger partial charge on any atom is -0.490 e. The fourth-order valence-electron chi connectivity index (χ4n) is 2.13. The van der Waals surface area contributed by atoms with Gasteiger partial charge in [0.25, 0.3) is 5.91 Å². The van der Waals surface area contributed by atoms with E-state index < -0.39 is 0 Å². The van der Waals surface area contributed by atoms with E-state index in [-0.39, 0.29) is 5.91 Å². The zero-order chi connectivity index (χ0) is 17.5. The van der Waals surface area contributed by atoms with Crippen LogP contribution in [0.2, 0.25) is 10.0 Å². The van der Waals surface area contributed by atoms with Gasteiger partial charge in [-0.15, -0.1) is 0 Å². The SMILES string of the molecule is CCOc1ccc(C(=O)NCc2ccc(Cl)cc2Cl)cc1OCC. The van der Waals surface area contributed by atoms with Gasteiger partial charge in [0, 0.05) is 22.2 Å². The molecule has 0 aliphatic heterocycles. The highest BCUT2D eigenvalue weighted by atomic mass is 35.5. The zero-order valence-corrected chi connectivity index (χ0v) is 15.1. The third-order valence-corrected chi connectivity index (χ3v) is 3.85. The van der Waals surface area contributed by atoms with Crippen molar-refractivity contribution in [1.82, 2.24) is 5.32 Å². The molecular formula is C18H19Cl2NO3. The Kier molecular flexibility index (Phi) is 6.76. The Morgan fingerprint density at radius 3 is 2.38 bits per heavy atom. The monoisotopic (exact) mass is 367 g/mol. The largest absolute Gasteiger partial charge is 0.490 e. The molecule has 0 atom stereocenters. The molecule has 0 fully saturated rings. The van der Waals surface area contributed by atoms with Crippen molar-refractivity contribution in [2.75, 3.05) is 13.2 Å². The van der Waals surface area contributed by atoms with E-state index in [2.05, 4.69) is 5.32 Å². The summed E-state index contributed by atoms with van der Waals surface area (Å²) >= 11 is 12.0. The van der Waals surface area contributed by atoms with Crippen molar-refractivity contribution in [3.63, 3.8) is 0 Å². The lowest BCUT2D eigenvalue weighted by molar-refractivity contribution is 0.0950. The summed E-state index contributed by atoms with van der Waals surface area (Å²) in [6.45, 7) is 5.11. The molecule has 1 N–H and O–H groups in total. The number of benzene rings is 2. The third-order valence-electron chi connectivity index (χ3n) is 3.26. The molecule has 4 nitrogen and oxygen atoms in total. The van der Waals surface area contributed by atoms with Crippen molar-refractivity contribution in [3.8, 4) is 11.5 Å². The van der Waals surface area contributed by atoms with E-state index in [0.717, 1.165) is 5.56 Å². The summed E-state index contributed by atoms with van der Waals surface area (Å²) in [4.78, 5) is 12.3. The summed E-state index contributed by atoms with van der Waals surface area (Å²) in [7, 11) is 0. The van der Waals surface area contributed by atoms with Crippen LogP contribution in [0.15, 0.2) is 36.4 Å². The van der Waals surface area contributed by atoms with Crippen molar-refractivity contribution in [2.45, 2.75) is 20.4 Å². The lowest BCUT2D eigenvalue weighted by atomic mass is 10.1. The molecule has 2 aromatic carbocycles. The number of halogens is 2. The van der Waals surface area contributed by atoms with Gasteiger partial charge in [-0.05, 0) is 49.7 Å². The van der Waals surface area contributed by atoms with Crippen LogP contribution in [-0.2, 0) is 6.54 Å². The van der Waals surface area contributed by atoms with E-state index in [9.17, 15) is 4.79 Å². The van der Waals surface area contributed by atoms with E-state index in [1.54, 1.807) is 36.4 Å². The fourth-order valence-corrected chi connectivity index (χ4v) is 2.61. The average Bonchev–Trinajstić information content (AvgIpc) is 2.56. The second kappa shape index (κ2) is 8.81. The molecule has 1 amide bonds. The van der Waals surface area contributed by atoms with E-state index in [1.807, 2.05) is 13.8 Å². The quantitative estimate of drug-likeness (QED) is 0.769. The van der Waals surface area contributed by atoms with Crippen molar-refractivity contribution in [2.24, 2.45) is 0 Å². The second-order valence-electron chi connectivity index (χ2n) is 4.95. The van der Waals surface area contributed by atoms with Gasteiger partial charge >= 0.3 is 0 Å². The highest BCUT2D eigenvalue weighted by molar-refractivity contribution is 6.35. The number of carbonyl (C=O) groups excluding carboxylic acids is 1. The Labute approximate surface area is 151 Å². The molecule has 0 bridgehead atoms. The molecule has 2 aromatic rings. The summed E-state index contributed by atoms with van der Waals surface area (Å²) in [6, 6.07) is 10.3. The van der Waals surface area contributed by atoms with Gasteiger partial charge in [0.05, 0.1) is 13.2 Å². The van der Waals surface area contributed by atoms with Crippen molar-refractivity contribution < 1.29 is 14.3 Å². The summed E-state index contributed by atoms with van der Waals surface area (Å²) < 4.78 is 11.0. The number of nitrogens with one attached hydrogen (secondary N) is 1. The maximum absolute atomic E-state index is 12.3. The van der Waals surface area contributed by atoms with Crippen LogP contribution in [0.4, 0.5) is 0 Å². The molecule has 0 saturated carbocycles. The van der Waals surface area contributed by atoms with Gasteiger partial charge in [0.2, 0.25) is 0 Å². The molecule has 0 unspecified atom stereocenters. The third kappa shape index (κ3) is 4.79. The molecule has 128 valence electrons. The van der Waals surface area contributed by atoms with Crippen LogP contribution >= 0.6 is 23.2 Å². The summed E-state index contributed by atoms with van der Waals surface area (Å²) in [6.07, 6.45) is 0. The van der Waals surface area contributed by atoms with Crippen LogP contribution in [-0.4, -0.2) is 19.1 Å². The molecule has 0 saturated heterocycles. The van der Waals surface area contributed by atoms with Crippen molar-refractivity contribution >= 4 is 29.1 Å². The molecule has 0 heterocycles. The number of ether oxygens (including phenoxy) is 2. The first kappa shape index (κ1) is 18.4. The second-order valence-corrected chi connectivity index (χ2v) is 5.79. The fraction of sp³-hybridized carbons (Fsp3) is 0.278. The maximum atomic E-state index is 12.3. The van der Waals surface area contributed by atoms with Gasteiger partial charge in [-0.1, -0.05) is 29.3 Å². The number of carbonyl (C=O) groups is 1. The smallest absolute Gasteiger partial charge is 0.251 e. The molecule has 0 radical (unpaired) electrons. The van der Waals surface area contributed by atoms with Gasteiger partial charge < -0.3 is 14.8 Å². The normalized spacial score (nSPS) is 10.3. The molecule has 24 heavy (non-hydrogen) atoms. The van der Waals surface area contributed by atoms with Gasteiger partial charge in [-0.2, -0.15) is 0 Å². The van der Waals surface area contributed by atoms with Gasteiger partial charge in [-0.25, -0.2) is 0 Å². The van der Waals surface area contributed by atoms with Gasteiger partial charge in [-0.3, -0.25) is 4.79 Å². The van der Waals surface area contributed by atoms with Crippen LogP contribution < -0.4 is 14.8 Å². The Morgan fingerprint density at radius 1 is 1.00 bits per heavy atom. The predicted molar refractivity (Wildman–Crippen MR) is 96.4 cm³/mol. The molecule has 0 aromatic heterocycles. The number of amides is 1. The zero-order valence-electron chi connectivity index (χ0n) is 13.6.